The van der Waals surface area contributed by atoms with E-state index in [0.717, 1.165) is 36.3 Å². The molecule has 1 heterocycles. The Morgan fingerprint density at radius 3 is 2.68 bits per heavy atom. The minimum Gasteiger partial charge on any atom is -0.328 e. The van der Waals surface area contributed by atoms with Crippen molar-refractivity contribution in [3.05, 3.63) is 28.3 Å². The third-order valence-corrected chi connectivity index (χ3v) is 4.75. The number of anilines is 1. The van der Waals surface area contributed by atoms with Gasteiger partial charge in [-0.2, -0.15) is 0 Å². The van der Waals surface area contributed by atoms with Crippen LogP contribution in [-0.2, 0) is 0 Å². The van der Waals surface area contributed by atoms with Gasteiger partial charge in [0.25, 0.3) is 0 Å². The average Bonchev–Trinajstić information content (AvgIpc) is 3.00. The van der Waals surface area contributed by atoms with Gasteiger partial charge in [-0.05, 0) is 69.9 Å². The summed E-state index contributed by atoms with van der Waals surface area (Å²) < 4.78 is 0. The molecule has 0 unspecified atom stereocenters. The van der Waals surface area contributed by atoms with Crippen LogP contribution in [-0.4, -0.2) is 49.1 Å². The Hall–Kier alpha value is -1.26. The number of carbonyl (C=O) groups is 1. The van der Waals surface area contributed by atoms with E-state index in [1.54, 1.807) is 4.90 Å². The number of nitrogens with zero attached hydrogens (tertiary/aromatic N) is 2. The summed E-state index contributed by atoms with van der Waals surface area (Å²) in [6.45, 7) is 8.22. The summed E-state index contributed by atoms with van der Waals surface area (Å²) in [7, 11) is 1.83. The summed E-state index contributed by atoms with van der Waals surface area (Å²) in [4.78, 5) is 16.5. The lowest BCUT2D eigenvalue weighted by Gasteiger charge is -2.21. The molecule has 0 aliphatic carbocycles. The molecule has 1 aromatic carbocycles. The van der Waals surface area contributed by atoms with Crippen molar-refractivity contribution in [3.8, 4) is 0 Å². The van der Waals surface area contributed by atoms with E-state index in [1.807, 2.05) is 33.0 Å². The number of nitrogens with one attached hydrogen (secondary N) is 1. The van der Waals surface area contributed by atoms with Gasteiger partial charge in [0.2, 0.25) is 0 Å². The molecule has 0 aromatic heterocycles. The van der Waals surface area contributed by atoms with Gasteiger partial charge in [0.05, 0.1) is 10.7 Å². The summed E-state index contributed by atoms with van der Waals surface area (Å²) in [6.07, 6.45) is 3.62. The number of likely N-dealkylation sites (tertiary alicyclic amines) is 1. The molecule has 1 aromatic rings. The molecule has 0 spiro atoms. The zero-order valence-corrected chi connectivity index (χ0v) is 14.5. The van der Waals surface area contributed by atoms with E-state index >= 15 is 0 Å². The second-order valence-electron chi connectivity index (χ2n) is 6.12. The number of halogens is 1. The zero-order valence-electron chi connectivity index (χ0n) is 13.8. The zero-order chi connectivity index (χ0) is 16.1. The van der Waals surface area contributed by atoms with Crippen LogP contribution in [0.4, 0.5) is 10.5 Å². The largest absolute Gasteiger partial charge is 0.328 e. The second-order valence-corrected chi connectivity index (χ2v) is 6.53. The van der Waals surface area contributed by atoms with Crippen LogP contribution in [0.3, 0.4) is 0 Å². The monoisotopic (exact) mass is 323 g/mol. The quantitative estimate of drug-likeness (QED) is 0.891. The van der Waals surface area contributed by atoms with E-state index in [1.165, 1.54) is 25.9 Å². The SMILES string of the molecule is Cc1ccc(Cl)c(NC(=O)N(C)CCCN2CCCC2)c1C. The van der Waals surface area contributed by atoms with Crippen molar-refractivity contribution in [1.29, 1.82) is 0 Å². The third kappa shape index (κ3) is 4.37. The lowest BCUT2D eigenvalue weighted by atomic mass is 10.1. The van der Waals surface area contributed by atoms with Gasteiger partial charge in [-0.3, -0.25) is 0 Å². The molecule has 4 nitrogen and oxygen atoms in total. The molecule has 122 valence electrons. The average molecular weight is 324 g/mol. The highest BCUT2D eigenvalue weighted by Crippen LogP contribution is 2.28. The summed E-state index contributed by atoms with van der Waals surface area (Å²) in [5.41, 5.74) is 2.86. The maximum absolute atomic E-state index is 12.3. The predicted molar refractivity (Wildman–Crippen MR) is 92.9 cm³/mol. The van der Waals surface area contributed by atoms with Crippen LogP contribution in [0.25, 0.3) is 0 Å². The fourth-order valence-corrected chi connectivity index (χ4v) is 3.03. The molecule has 1 aliphatic heterocycles. The number of hydrogen-bond donors (Lipinski definition) is 1. The number of benzene rings is 1. The standard InChI is InChI=1S/C17H26ClN3O/c1-13-7-8-15(18)16(14(13)2)19-17(22)20(3)9-6-12-21-10-4-5-11-21/h7-8H,4-6,9-12H2,1-3H3,(H,19,22). The summed E-state index contributed by atoms with van der Waals surface area (Å²) in [6, 6.07) is 3.69. The molecule has 1 saturated heterocycles. The van der Waals surface area contributed by atoms with Gasteiger partial charge < -0.3 is 15.1 Å². The molecule has 2 rings (SSSR count). The highest BCUT2D eigenvalue weighted by atomic mass is 35.5. The highest BCUT2D eigenvalue weighted by molar-refractivity contribution is 6.34. The Bertz CT molecular complexity index is 527. The molecule has 1 fully saturated rings. The molecule has 2 amide bonds. The molecule has 0 radical (unpaired) electrons. The van der Waals surface area contributed by atoms with Crippen LogP contribution in [0.2, 0.25) is 5.02 Å². The van der Waals surface area contributed by atoms with Crippen molar-refractivity contribution in [2.45, 2.75) is 33.1 Å². The van der Waals surface area contributed by atoms with E-state index in [4.69, 9.17) is 11.6 Å². The first kappa shape index (κ1) is 17.1. The Balaban J connectivity index is 1.84. The van der Waals surface area contributed by atoms with Crippen molar-refractivity contribution in [1.82, 2.24) is 9.80 Å². The smallest absolute Gasteiger partial charge is 0.321 e. The molecular formula is C17H26ClN3O. The van der Waals surface area contributed by atoms with E-state index in [2.05, 4.69) is 10.2 Å². The van der Waals surface area contributed by atoms with Gasteiger partial charge >= 0.3 is 6.03 Å². The molecule has 1 aliphatic rings. The van der Waals surface area contributed by atoms with Gasteiger partial charge in [-0.1, -0.05) is 17.7 Å². The molecule has 0 saturated carbocycles. The van der Waals surface area contributed by atoms with Crippen LogP contribution in [0.1, 0.15) is 30.4 Å². The van der Waals surface area contributed by atoms with Gasteiger partial charge in [-0.25, -0.2) is 4.79 Å². The fourth-order valence-electron chi connectivity index (χ4n) is 2.78. The minimum atomic E-state index is -0.1000. The molecule has 0 atom stereocenters. The van der Waals surface area contributed by atoms with Crippen molar-refractivity contribution >= 4 is 23.3 Å². The molecule has 1 N–H and O–H groups in total. The summed E-state index contributed by atoms with van der Waals surface area (Å²) in [5.74, 6) is 0. The van der Waals surface area contributed by atoms with Crippen LogP contribution in [0.5, 0.6) is 0 Å². The molecule has 0 bridgehead atoms. The normalized spacial score (nSPS) is 15.1. The molecular weight excluding hydrogens is 298 g/mol. The van der Waals surface area contributed by atoms with E-state index in [-0.39, 0.29) is 6.03 Å². The van der Waals surface area contributed by atoms with Gasteiger partial charge in [0.15, 0.2) is 0 Å². The predicted octanol–water partition coefficient (Wildman–Crippen LogP) is 3.91. The number of carbonyl (C=O) groups excluding carboxylic acids is 1. The van der Waals surface area contributed by atoms with Crippen molar-refractivity contribution in [2.24, 2.45) is 0 Å². The van der Waals surface area contributed by atoms with Crippen LogP contribution in [0, 0.1) is 13.8 Å². The Morgan fingerprint density at radius 2 is 2.00 bits per heavy atom. The van der Waals surface area contributed by atoms with Crippen molar-refractivity contribution < 1.29 is 4.79 Å². The number of hydrogen-bond acceptors (Lipinski definition) is 2. The van der Waals surface area contributed by atoms with E-state index in [9.17, 15) is 4.79 Å². The molecule has 5 heteroatoms. The maximum Gasteiger partial charge on any atom is 0.321 e. The van der Waals surface area contributed by atoms with Gasteiger partial charge in [0, 0.05) is 13.6 Å². The van der Waals surface area contributed by atoms with E-state index in [0.29, 0.717) is 5.02 Å². The first-order chi connectivity index (χ1) is 10.5. The topological polar surface area (TPSA) is 35.6 Å². The lowest BCUT2D eigenvalue weighted by molar-refractivity contribution is 0.218. The number of aryl methyl sites for hydroxylation is 1. The minimum absolute atomic E-state index is 0.1000. The Labute approximate surface area is 138 Å². The first-order valence-electron chi connectivity index (χ1n) is 7.99. The third-order valence-electron chi connectivity index (χ3n) is 4.43. The van der Waals surface area contributed by atoms with Crippen molar-refractivity contribution in [3.63, 3.8) is 0 Å². The van der Waals surface area contributed by atoms with Crippen LogP contribution >= 0.6 is 11.6 Å². The van der Waals surface area contributed by atoms with Crippen LogP contribution < -0.4 is 5.32 Å². The lowest BCUT2D eigenvalue weighted by Crippen LogP contribution is -2.34. The first-order valence-corrected chi connectivity index (χ1v) is 8.37. The fraction of sp³-hybridized carbons (Fsp3) is 0.588. The summed E-state index contributed by atoms with van der Waals surface area (Å²) in [5, 5.41) is 3.52. The molecule has 22 heavy (non-hydrogen) atoms. The Morgan fingerprint density at radius 1 is 1.32 bits per heavy atom. The van der Waals surface area contributed by atoms with Crippen LogP contribution in [0.15, 0.2) is 12.1 Å². The Kier molecular flexibility index (Phi) is 6.09. The number of rotatable bonds is 5. The highest BCUT2D eigenvalue weighted by Gasteiger charge is 2.15. The van der Waals surface area contributed by atoms with Gasteiger partial charge in [-0.15, -0.1) is 0 Å². The summed E-state index contributed by atoms with van der Waals surface area (Å²) >= 11 is 6.20. The number of urea groups is 1. The van der Waals surface area contributed by atoms with Gasteiger partial charge in [0.1, 0.15) is 0 Å². The second kappa shape index (κ2) is 7.84. The van der Waals surface area contributed by atoms with E-state index < -0.39 is 0 Å². The number of amides is 2. The maximum atomic E-state index is 12.3. The van der Waals surface area contributed by atoms with Crippen molar-refractivity contribution in [2.75, 3.05) is 38.5 Å².